The van der Waals surface area contributed by atoms with Crippen molar-refractivity contribution < 1.29 is 23.0 Å². The van der Waals surface area contributed by atoms with Crippen LogP contribution < -0.4 is 5.32 Å². The number of alkyl halides is 3. The first-order chi connectivity index (χ1) is 12.3. The number of anilines is 2. The van der Waals surface area contributed by atoms with Gasteiger partial charge in [0.25, 0.3) is 0 Å². The highest BCUT2D eigenvalue weighted by atomic mass is 35.5. The molecule has 0 aliphatic heterocycles. The summed E-state index contributed by atoms with van der Waals surface area (Å²) in [5.74, 6) is 0. The number of benzene rings is 2. The molecule has 0 aliphatic carbocycles. The molecule has 0 bridgehead atoms. The van der Waals surface area contributed by atoms with Crippen molar-refractivity contribution in [1.82, 2.24) is 0 Å². The zero-order valence-corrected chi connectivity index (χ0v) is 15.4. The summed E-state index contributed by atoms with van der Waals surface area (Å²) in [6, 6.07) is 2.41. The minimum atomic E-state index is -5.17. The third-order valence-electron chi connectivity index (χ3n) is 3.16. The van der Waals surface area contributed by atoms with Crippen molar-refractivity contribution in [3.05, 3.63) is 64.1 Å². The molecule has 0 saturated heterocycles. The molecule has 0 aliphatic rings. The number of nitro benzene ring substituents is 2. The van der Waals surface area contributed by atoms with E-state index in [0.717, 1.165) is 0 Å². The highest BCUT2D eigenvalue weighted by molar-refractivity contribution is 6.42. The molecule has 0 atom stereocenters. The highest BCUT2D eigenvalue weighted by Crippen LogP contribution is 2.49. The number of hydrogen-bond donors (Lipinski definition) is 1. The molecule has 0 amide bonds. The second kappa shape index (κ2) is 7.55. The average Bonchev–Trinajstić information content (AvgIpc) is 2.48. The molecular formula is C13H4Cl4F3N3O4. The standard InChI is InChI=1S/C13H4Cl4F3N3O4/c14-4-1-6(15)10(7(16)2-4)21-11-8(22(24)25)3-5(13(18,19)20)9(17)12(11)23(26)27/h1-3,21H. The van der Waals surface area contributed by atoms with Crippen LogP contribution in [0, 0.1) is 20.2 Å². The van der Waals surface area contributed by atoms with Crippen molar-refractivity contribution in [2.75, 3.05) is 5.32 Å². The Morgan fingerprint density at radius 2 is 1.41 bits per heavy atom. The van der Waals surface area contributed by atoms with Crippen LogP contribution in [0.5, 0.6) is 0 Å². The Hall–Kier alpha value is -2.01. The van der Waals surface area contributed by atoms with Gasteiger partial charge in [-0.3, -0.25) is 20.2 Å². The zero-order valence-electron chi connectivity index (χ0n) is 12.4. The molecule has 0 unspecified atom stereocenters. The van der Waals surface area contributed by atoms with E-state index in [2.05, 4.69) is 5.32 Å². The first-order valence-corrected chi connectivity index (χ1v) is 7.99. The van der Waals surface area contributed by atoms with Gasteiger partial charge in [0, 0.05) is 11.1 Å². The molecule has 1 N–H and O–H groups in total. The van der Waals surface area contributed by atoms with Crippen LogP contribution in [0.25, 0.3) is 0 Å². The predicted octanol–water partition coefficient (Wildman–Crippen LogP) is 6.88. The number of rotatable bonds is 4. The van der Waals surface area contributed by atoms with E-state index in [1.54, 1.807) is 0 Å². The van der Waals surface area contributed by atoms with Crippen molar-refractivity contribution >= 4 is 69.2 Å². The van der Waals surface area contributed by atoms with E-state index >= 15 is 0 Å². The SMILES string of the molecule is O=[N+]([O-])c1cc(C(F)(F)F)c(Cl)c([N+](=O)[O-])c1Nc1c(Cl)cc(Cl)cc1Cl. The van der Waals surface area contributed by atoms with E-state index in [1.807, 2.05) is 0 Å². The van der Waals surface area contributed by atoms with Crippen LogP contribution in [-0.2, 0) is 6.18 Å². The molecule has 2 aromatic rings. The minimum absolute atomic E-state index is 0.0788. The lowest BCUT2D eigenvalue weighted by molar-refractivity contribution is -0.392. The predicted molar refractivity (Wildman–Crippen MR) is 94.5 cm³/mol. The molecule has 0 heterocycles. The van der Waals surface area contributed by atoms with Crippen LogP contribution in [0.4, 0.5) is 35.9 Å². The first-order valence-electron chi connectivity index (χ1n) is 6.48. The summed E-state index contributed by atoms with van der Waals surface area (Å²) in [5, 5.41) is 23.2. The monoisotopic (exact) mass is 463 g/mol. The van der Waals surface area contributed by atoms with Gasteiger partial charge < -0.3 is 5.32 Å². The Balaban J connectivity index is 2.85. The van der Waals surface area contributed by atoms with Gasteiger partial charge >= 0.3 is 17.6 Å². The molecule has 14 heteroatoms. The maximum Gasteiger partial charge on any atom is 0.418 e. The summed E-state index contributed by atoms with van der Waals surface area (Å²) in [6.45, 7) is 0. The molecule has 0 radical (unpaired) electrons. The van der Waals surface area contributed by atoms with Crippen LogP contribution in [0.3, 0.4) is 0 Å². The molecule has 144 valence electrons. The maximum atomic E-state index is 13.1. The fourth-order valence-corrected chi connectivity index (χ4v) is 3.30. The van der Waals surface area contributed by atoms with Crippen molar-refractivity contribution in [2.45, 2.75) is 6.18 Å². The minimum Gasteiger partial charge on any atom is -0.342 e. The Morgan fingerprint density at radius 3 is 1.81 bits per heavy atom. The molecule has 27 heavy (non-hydrogen) atoms. The van der Waals surface area contributed by atoms with Crippen LogP contribution in [-0.4, -0.2) is 9.85 Å². The summed E-state index contributed by atoms with van der Waals surface area (Å²) in [6.07, 6.45) is -5.17. The number of halogens is 7. The lowest BCUT2D eigenvalue weighted by atomic mass is 10.1. The third kappa shape index (κ3) is 4.29. The van der Waals surface area contributed by atoms with Gasteiger partial charge in [0.15, 0.2) is 5.69 Å². The summed E-state index contributed by atoms with van der Waals surface area (Å²) in [4.78, 5) is 20.0. The Bertz CT molecular complexity index is 946. The van der Waals surface area contributed by atoms with Gasteiger partial charge in [0.1, 0.15) is 5.02 Å². The van der Waals surface area contributed by atoms with Crippen LogP contribution >= 0.6 is 46.4 Å². The van der Waals surface area contributed by atoms with Gasteiger partial charge in [0.05, 0.1) is 31.1 Å². The Labute approximate surface area is 167 Å². The normalized spacial score (nSPS) is 11.4. The maximum absolute atomic E-state index is 13.1. The summed E-state index contributed by atoms with van der Waals surface area (Å²) < 4.78 is 39.2. The van der Waals surface area contributed by atoms with Crippen molar-refractivity contribution in [3.8, 4) is 0 Å². The highest BCUT2D eigenvalue weighted by Gasteiger charge is 2.42. The Morgan fingerprint density at radius 1 is 0.889 bits per heavy atom. The topological polar surface area (TPSA) is 98.3 Å². The molecular weight excluding hydrogens is 461 g/mol. The summed E-state index contributed by atoms with van der Waals surface area (Å²) in [5.41, 5.74) is -5.51. The van der Waals surface area contributed by atoms with Gasteiger partial charge in [-0.05, 0) is 12.1 Å². The fraction of sp³-hybridized carbons (Fsp3) is 0.0769. The van der Waals surface area contributed by atoms with Crippen molar-refractivity contribution in [1.29, 1.82) is 0 Å². The van der Waals surface area contributed by atoms with Gasteiger partial charge in [-0.1, -0.05) is 46.4 Å². The van der Waals surface area contributed by atoms with E-state index in [-0.39, 0.29) is 26.8 Å². The van der Waals surface area contributed by atoms with Gasteiger partial charge in [0.2, 0.25) is 0 Å². The van der Waals surface area contributed by atoms with Crippen molar-refractivity contribution in [3.63, 3.8) is 0 Å². The van der Waals surface area contributed by atoms with Gasteiger partial charge in [-0.25, -0.2) is 0 Å². The second-order valence-corrected chi connectivity index (χ2v) is 6.49. The summed E-state index contributed by atoms with van der Waals surface area (Å²) in [7, 11) is 0. The van der Waals surface area contributed by atoms with E-state index in [1.165, 1.54) is 12.1 Å². The van der Waals surface area contributed by atoms with E-state index in [9.17, 15) is 33.4 Å². The smallest absolute Gasteiger partial charge is 0.342 e. The second-order valence-electron chi connectivity index (χ2n) is 4.86. The number of nitrogens with zero attached hydrogens (tertiary/aromatic N) is 2. The molecule has 0 aromatic heterocycles. The Kier molecular flexibility index (Phi) is 5.95. The van der Waals surface area contributed by atoms with E-state index in [0.29, 0.717) is 0 Å². The van der Waals surface area contributed by atoms with Crippen LogP contribution in [0.1, 0.15) is 5.56 Å². The molecule has 0 fully saturated rings. The third-order valence-corrected chi connectivity index (χ3v) is 4.36. The molecule has 7 nitrogen and oxygen atoms in total. The van der Waals surface area contributed by atoms with Gasteiger partial charge in [-0.15, -0.1) is 0 Å². The zero-order chi connectivity index (χ0) is 20.7. The van der Waals surface area contributed by atoms with Crippen LogP contribution in [0.2, 0.25) is 20.1 Å². The average molecular weight is 465 g/mol. The lowest BCUT2D eigenvalue weighted by Gasteiger charge is -2.15. The molecule has 2 aromatic carbocycles. The van der Waals surface area contributed by atoms with Crippen molar-refractivity contribution in [2.24, 2.45) is 0 Å². The molecule has 2 rings (SSSR count). The van der Waals surface area contributed by atoms with Crippen LogP contribution in [0.15, 0.2) is 18.2 Å². The molecule has 0 spiro atoms. The van der Waals surface area contributed by atoms with Gasteiger partial charge in [-0.2, -0.15) is 13.2 Å². The lowest BCUT2D eigenvalue weighted by Crippen LogP contribution is -2.11. The van der Waals surface area contributed by atoms with E-state index in [4.69, 9.17) is 46.4 Å². The largest absolute Gasteiger partial charge is 0.418 e. The first kappa shape index (κ1) is 21.3. The quantitative estimate of drug-likeness (QED) is 0.392. The molecule has 0 saturated carbocycles. The number of nitrogens with one attached hydrogen (secondary N) is 1. The number of nitro groups is 2. The summed E-state index contributed by atoms with van der Waals surface area (Å²) >= 11 is 23.1. The van der Waals surface area contributed by atoms with E-state index < -0.39 is 43.7 Å². The fourth-order valence-electron chi connectivity index (χ4n) is 2.06. The number of hydrogen-bond acceptors (Lipinski definition) is 5.